The highest BCUT2D eigenvalue weighted by Gasteiger charge is 2.26. The summed E-state index contributed by atoms with van der Waals surface area (Å²) < 4.78 is 0. The standard InChI is InChI=1S/C11H16N2O/c1-7-4-5-13-11(12)10(7)8-2-3-9(14)6-8/h4-5,8-9,14H,2-3,6H2,1H3,(H2,12,13). The Balaban J connectivity index is 2.31. The first-order valence-corrected chi connectivity index (χ1v) is 5.07. The smallest absolute Gasteiger partial charge is 0.127 e. The van der Waals surface area contributed by atoms with Gasteiger partial charge in [-0.05, 0) is 43.7 Å². The third-order valence-corrected chi connectivity index (χ3v) is 3.05. The molecule has 1 aliphatic rings. The van der Waals surface area contributed by atoms with Crippen LogP contribution in [0.15, 0.2) is 12.3 Å². The first-order chi connectivity index (χ1) is 6.68. The highest BCUT2D eigenvalue weighted by Crippen LogP contribution is 2.37. The van der Waals surface area contributed by atoms with Crippen molar-refractivity contribution in [3.8, 4) is 0 Å². The highest BCUT2D eigenvalue weighted by atomic mass is 16.3. The van der Waals surface area contributed by atoms with Gasteiger partial charge in [0.1, 0.15) is 5.82 Å². The molecule has 3 heteroatoms. The Morgan fingerprint density at radius 2 is 2.29 bits per heavy atom. The minimum Gasteiger partial charge on any atom is -0.393 e. The quantitative estimate of drug-likeness (QED) is 0.710. The maximum absolute atomic E-state index is 9.48. The average molecular weight is 192 g/mol. The van der Waals surface area contributed by atoms with Crippen LogP contribution in [0.2, 0.25) is 0 Å². The van der Waals surface area contributed by atoms with Gasteiger partial charge < -0.3 is 10.8 Å². The average Bonchev–Trinajstić information content (AvgIpc) is 2.51. The number of nitrogens with zero attached hydrogens (tertiary/aromatic N) is 1. The second-order valence-corrected chi connectivity index (χ2v) is 4.09. The van der Waals surface area contributed by atoms with Crippen LogP contribution < -0.4 is 5.73 Å². The maximum atomic E-state index is 9.48. The third kappa shape index (κ3) is 1.60. The predicted octanol–water partition coefficient (Wildman–Crippen LogP) is 1.60. The Bertz CT molecular complexity index is 318. The summed E-state index contributed by atoms with van der Waals surface area (Å²) in [6.07, 6.45) is 4.33. The monoisotopic (exact) mass is 192 g/mol. The molecular formula is C11H16N2O. The summed E-state index contributed by atoms with van der Waals surface area (Å²) >= 11 is 0. The Morgan fingerprint density at radius 3 is 2.86 bits per heavy atom. The van der Waals surface area contributed by atoms with E-state index in [0.717, 1.165) is 24.8 Å². The van der Waals surface area contributed by atoms with E-state index in [1.54, 1.807) is 6.20 Å². The summed E-state index contributed by atoms with van der Waals surface area (Å²) in [6.45, 7) is 2.05. The van der Waals surface area contributed by atoms with Gasteiger partial charge in [-0.15, -0.1) is 0 Å². The number of nitrogen functional groups attached to an aromatic ring is 1. The molecule has 0 saturated heterocycles. The van der Waals surface area contributed by atoms with Crippen molar-refractivity contribution in [3.05, 3.63) is 23.4 Å². The Kier molecular flexibility index (Phi) is 2.42. The molecule has 2 rings (SSSR count). The normalized spacial score (nSPS) is 26.7. The molecule has 2 atom stereocenters. The lowest BCUT2D eigenvalue weighted by Crippen LogP contribution is -2.05. The number of anilines is 1. The van der Waals surface area contributed by atoms with E-state index in [4.69, 9.17) is 5.73 Å². The maximum Gasteiger partial charge on any atom is 0.127 e. The number of hydrogen-bond acceptors (Lipinski definition) is 3. The van der Waals surface area contributed by atoms with Crippen molar-refractivity contribution in [2.24, 2.45) is 0 Å². The predicted molar refractivity (Wildman–Crippen MR) is 56.0 cm³/mol. The zero-order valence-corrected chi connectivity index (χ0v) is 8.40. The fraction of sp³-hybridized carbons (Fsp3) is 0.545. The summed E-state index contributed by atoms with van der Waals surface area (Å²) in [6, 6.07) is 1.98. The van der Waals surface area contributed by atoms with Crippen molar-refractivity contribution in [1.82, 2.24) is 4.98 Å². The van der Waals surface area contributed by atoms with Gasteiger partial charge >= 0.3 is 0 Å². The van der Waals surface area contributed by atoms with E-state index in [0.29, 0.717) is 11.7 Å². The summed E-state index contributed by atoms with van der Waals surface area (Å²) in [4.78, 5) is 4.11. The van der Waals surface area contributed by atoms with E-state index in [1.807, 2.05) is 6.07 Å². The van der Waals surface area contributed by atoms with Gasteiger partial charge in [-0.2, -0.15) is 0 Å². The topological polar surface area (TPSA) is 59.1 Å². The van der Waals surface area contributed by atoms with Gasteiger partial charge in [0.25, 0.3) is 0 Å². The molecule has 0 spiro atoms. The lowest BCUT2D eigenvalue weighted by Gasteiger charge is -2.14. The van der Waals surface area contributed by atoms with Crippen LogP contribution in [0, 0.1) is 6.92 Å². The lowest BCUT2D eigenvalue weighted by atomic mass is 9.94. The summed E-state index contributed by atoms with van der Waals surface area (Å²) in [7, 11) is 0. The molecule has 76 valence electrons. The van der Waals surface area contributed by atoms with Crippen LogP contribution in [0.5, 0.6) is 0 Å². The third-order valence-electron chi connectivity index (χ3n) is 3.05. The number of aryl methyl sites for hydroxylation is 1. The van der Waals surface area contributed by atoms with Crippen LogP contribution in [-0.4, -0.2) is 16.2 Å². The number of nitrogens with two attached hydrogens (primary N) is 1. The molecule has 1 fully saturated rings. The molecule has 1 heterocycles. The van der Waals surface area contributed by atoms with Gasteiger partial charge in [-0.25, -0.2) is 4.98 Å². The minimum atomic E-state index is -0.154. The van der Waals surface area contributed by atoms with Gasteiger partial charge in [-0.1, -0.05) is 0 Å². The molecule has 3 N–H and O–H groups in total. The lowest BCUT2D eigenvalue weighted by molar-refractivity contribution is 0.181. The molecular weight excluding hydrogens is 176 g/mol. The number of hydrogen-bond donors (Lipinski definition) is 2. The van der Waals surface area contributed by atoms with E-state index < -0.39 is 0 Å². The molecule has 3 nitrogen and oxygen atoms in total. The van der Waals surface area contributed by atoms with Crippen LogP contribution in [0.25, 0.3) is 0 Å². The van der Waals surface area contributed by atoms with E-state index in [9.17, 15) is 5.11 Å². The zero-order chi connectivity index (χ0) is 10.1. The van der Waals surface area contributed by atoms with Crippen molar-refractivity contribution < 1.29 is 5.11 Å². The van der Waals surface area contributed by atoms with Crippen LogP contribution in [0.3, 0.4) is 0 Å². The zero-order valence-electron chi connectivity index (χ0n) is 8.40. The molecule has 1 saturated carbocycles. The number of aliphatic hydroxyl groups excluding tert-OH is 1. The van der Waals surface area contributed by atoms with Gasteiger partial charge in [-0.3, -0.25) is 0 Å². The molecule has 1 aromatic heterocycles. The number of rotatable bonds is 1. The van der Waals surface area contributed by atoms with Crippen LogP contribution >= 0.6 is 0 Å². The molecule has 0 bridgehead atoms. The van der Waals surface area contributed by atoms with Crippen molar-refractivity contribution in [2.75, 3.05) is 5.73 Å². The fourth-order valence-corrected chi connectivity index (χ4v) is 2.34. The first kappa shape index (κ1) is 9.46. The fourth-order valence-electron chi connectivity index (χ4n) is 2.34. The molecule has 0 aromatic carbocycles. The van der Waals surface area contributed by atoms with Crippen LogP contribution in [-0.2, 0) is 0 Å². The van der Waals surface area contributed by atoms with Crippen molar-refractivity contribution in [2.45, 2.75) is 38.2 Å². The molecule has 1 aromatic rings. The molecule has 2 unspecified atom stereocenters. The molecule has 14 heavy (non-hydrogen) atoms. The highest BCUT2D eigenvalue weighted by molar-refractivity contribution is 5.46. The SMILES string of the molecule is Cc1ccnc(N)c1C1CCC(O)C1. The summed E-state index contributed by atoms with van der Waals surface area (Å²) in [5, 5.41) is 9.48. The second kappa shape index (κ2) is 3.58. The van der Waals surface area contributed by atoms with E-state index in [-0.39, 0.29) is 6.10 Å². The van der Waals surface area contributed by atoms with Gasteiger partial charge in [0.2, 0.25) is 0 Å². The molecule has 0 aliphatic heterocycles. The van der Waals surface area contributed by atoms with Gasteiger partial charge in [0.05, 0.1) is 6.10 Å². The van der Waals surface area contributed by atoms with Crippen molar-refractivity contribution in [1.29, 1.82) is 0 Å². The Morgan fingerprint density at radius 1 is 1.50 bits per heavy atom. The molecule has 0 amide bonds. The molecule has 1 aliphatic carbocycles. The largest absolute Gasteiger partial charge is 0.393 e. The summed E-state index contributed by atoms with van der Waals surface area (Å²) in [5.74, 6) is 1.03. The van der Waals surface area contributed by atoms with Crippen LogP contribution in [0.4, 0.5) is 5.82 Å². The van der Waals surface area contributed by atoms with Gasteiger partial charge in [0.15, 0.2) is 0 Å². The van der Waals surface area contributed by atoms with Crippen molar-refractivity contribution >= 4 is 5.82 Å². The van der Waals surface area contributed by atoms with E-state index >= 15 is 0 Å². The second-order valence-electron chi connectivity index (χ2n) is 4.09. The minimum absolute atomic E-state index is 0.154. The van der Waals surface area contributed by atoms with Gasteiger partial charge in [0, 0.05) is 11.8 Å². The Labute approximate surface area is 84.0 Å². The number of aromatic nitrogens is 1. The first-order valence-electron chi connectivity index (χ1n) is 5.07. The van der Waals surface area contributed by atoms with E-state index in [2.05, 4.69) is 11.9 Å². The van der Waals surface area contributed by atoms with Crippen LogP contribution in [0.1, 0.15) is 36.3 Å². The Hall–Kier alpha value is -1.09. The summed E-state index contributed by atoms with van der Waals surface area (Å²) in [5.41, 5.74) is 8.19. The molecule has 0 radical (unpaired) electrons. The number of pyridine rings is 1. The van der Waals surface area contributed by atoms with E-state index in [1.165, 1.54) is 5.56 Å². The van der Waals surface area contributed by atoms with Crippen molar-refractivity contribution in [3.63, 3.8) is 0 Å². The number of aliphatic hydroxyl groups is 1.